The molecule has 1 aliphatic heterocycles. The topological polar surface area (TPSA) is 66.8 Å². The highest BCUT2D eigenvalue weighted by Gasteiger charge is 2.39. The maximum Gasteiger partial charge on any atom is 0.326 e. The molecule has 110 valence electrons. The van der Waals surface area contributed by atoms with Crippen LogP contribution < -0.4 is 0 Å². The fourth-order valence-corrected chi connectivity index (χ4v) is 2.39. The Morgan fingerprint density at radius 2 is 2.00 bits per heavy atom. The second-order valence-electron chi connectivity index (χ2n) is 6.41. The summed E-state index contributed by atoms with van der Waals surface area (Å²) in [6.45, 7) is 6.79. The molecular formula is C14H25NO4. The van der Waals surface area contributed by atoms with Gasteiger partial charge in [-0.25, -0.2) is 4.79 Å². The minimum absolute atomic E-state index is 0.0730. The molecule has 1 amide bonds. The lowest BCUT2D eigenvalue weighted by molar-refractivity contribution is -0.148. The van der Waals surface area contributed by atoms with Crippen LogP contribution in [0, 0.1) is 5.41 Å². The SMILES string of the molecule is COC1CC(C(=O)O)N(C(=O)CCCC(C)(C)C)C1. The molecule has 19 heavy (non-hydrogen) atoms. The van der Waals surface area contributed by atoms with E-state index in [4.69, 9.17) is 9.84 Å². The van der Waals surface area contributed by atoms with Gasteiger partial charge >= 0.3 is 5.97 Å². The van der Waals surface area contributed by atoms with Crippen molar-refractivity contribution in [2.75, 3.05) is 13.7 Å². The highest BCUT2D eigenvalue weighted by Crippen LogP contribution is 2.24. The standard InChI is InChI=1S/C14H25NO4/c1-14(2,3)7-5-6-12(16)15-9-10(19-4)8-11(15)13(17)18/h10-11H,5-9H2,1-4H3,(H,17,18). The molecule has 1 rings (SSSR count). The van der Waals surface area contributed by atoms with Gasteiger partial charge in [0.1, 0.15) is 6.04 Å². The minimum Gasteiger partial charge on any atom is -0.480 e. The van der Waals surface area contributed by atoms with Crippen molar-refractivity contribution in [2.45, 2.75) is 58.6 Å². The first kappa shape index (κ1) is 16.0. The monoisotopic (exact) mass is 271 g/mol. The van der Waals surface area contributed by atoms with Crippen LogP contribution in [-0.2, 0) is 14.3 Å². The van der Waals surface area contributed by atoms with Gasteiger partial charge in [0.25, 0.3) is 0 Å². The molecular weight excluding hydrogens is 246 g/mol. The predicted molar refractivity (Wildman–Crippen MR) is 71.9 cm³/mol. The molecule has 1 N–H and O–H groups in total. The number of carbonyl (C=O) groups is 2. The number of likely N-dealkylation sites (tertiary alicyclic amines) is 1. The third-order valence-corrected chi connectivity index (χ3v) is 3.52. The zero-order chi connectivity index (χ0) is 14.6. The van der Waals surface area contributed by atoms with Gasteiger partial charge in [-0.05, 0) is 18.3 Å². The maximum absolute atomic E-state index is 12.1. The largest absolute Gasteiger partial charge is 0.480 e. The molecule has 1 heterocycles. The van der Waals surface area contributed by atoms with Crippen molar-refractivity contribution in [3.05, 3.63) is 0 Å². The van der Waals surface area contributed by atoms with Gasteiger partial charge in [-0.2, -0.15) is 0 Å². The van der Waals surface area contributed by atoms with E-state index in [1.165, 1.54) is 4.90 Å². The van der Waals surface area contributed by atoms with Crippen LogP contribution in [0.15, 0.2) is 0 Å². The lowest BCUT2D eigenvalue weighted by Gasteiger charge is -2.22. The summed E-state index contributed by atoms with van der Waals surface area (Å²) in [7, 11) is 1.55. The zero-order valence-corrected chi connectivity index (χ0v) is 12.3. The van der Waals surface area contributed by atoms with Crippen molar-refractivity contribution in [2.24, 2.45) is 5.41 Å². The van der Waals surface area contributed by atoms with Crippen molar-refractivity contribution < 1.29 is 19.4 Å². The van der Waals surface area contributed by atoms with Gasteiger partial charge in [0.2, 0.25) is 5.91 Å². The van der Waals surface area contributed by atoms with Gasteiger partial charge in [0, 0.05) is 26.5 Å². The molecule has 0 aromatic heterocycles. The summed E-state index contributed by atoms with van der Waals surface area (Å²) in [4.78, 5) is 24.7. The Labute approximate surface area is 114 Å². The van der Waals surface area contributed by atoms with Gasteiger partial charge in [-0.1, -0.05) is 20.8 Å². The average molecular weight is 271 g/mol. The molecule has 1 aliphatic rings. The van der Waals surface area contributed by atoms with Crippen LogP contribution in [0.4, 0.5) is 0 Å². The first-order chi connectivity index (χ1) is 8.74. The van der Waals surface area contributed by atoms with E-state index in [1.54, 1.807) is 7.11 Å². The van der Waals surface area contributed by atoms with Crippen LogP contribution in [0.1, 0.15) is 46.5 Å². The Kier molecular flexibility index (Phi) is 5.35. The molecule has 0 aliphatic carbocycles. The second-order valence-corrected chi connectivity index (χ2v) is 6.41. The summed E-state index contributed by atoms with van der Waals surface area (Å²) in [5, 5.41) is 9.15. The van der Waals surface area contributed by atoms with E-state index in [0.717, 1.165) is 12.8 Å². The maximum atomic E-state index is 12.1. The Morgan fingerprint density at radius 1 is 1.37 bits per heavy atom. The van der Waals surface area contributed by atoms with Crippen LogP contribution in [0.3, 0.4) is 0 Å². The van der Waals surface area contributed by atoms with Crippen molar-refractivity contribution in [1.82, 2.24) is 4.90 Å². The highest BCUT2D eigenvalue weighted by molar-refractivity contribution is 5.84. The molecule has 0 bridgehead atoms. The van der Waals surface area contributed by atoms with Crippen molar-refractivity contribution in [3.8, 4) is 0 Å². The average Bonchev–Trinajstić information content (AvgIpc) is 2.71. The number of ether oxygens (including phenoxy) is 1. The third kappa shape index (κ3) is 4.82. The van der Waals surface area contributed by atoms with Gasteiger partial charge in [-0.3, -0.25) is 4.79 Å². The Balaban J connectivity index is 2.52. The molecule has 1 saturated heterocycles. The summed E-state index contributed by atoms with van der Waals surface area (Å²) in [5.41, 5.74) is 0.201. The third-order valence-electron chi connectivity index (χ3n) is 3.52. The summed E-state index contributed by atoms with van der Waals surface area (Å²) >= 11 is 0. The Bertz CT molecular complexity index is 335. The van der Waals surface area contributed by atoms with Crippen molar-refractivity contribution >= 4 is 11.9 Å². The molecule has 0 aromatic carbocycles. The van der Waals surface area contributed by atoms with Crippen LogP contribution in [0.2, 0.25) is 0 Å². The fourth-order valence-electron chi connectivity index (χ4n) is 2.39. The van der Waals surface area contributed by atoms with Gasteiger partial charge in [0.15, 0.2) is 0 Å². The smallest absolute Gasteiger partial charge is 0.326 e. The Morgan fingerprint density at radius 3 is 2.47 bits per heavy atom. The molecule has 0 radical (unpaired) electrons. The quantitative estimate of drug-likeness (QED) is 0.829. The van der Waals surface area contributed by atoms with E-state index in [2.05, 4.69) is 20.8 Å². The molecule has 0 saturated carbocycles. The number of rotatable bonds is 5. The molecule has 1 fully saturated rings. The molecule has 5 heteroatoms. The zero-order valence-electron chi connectivity index (χ0n) is 12.3. The van der Waals surface area contributed by atoms with E-state index in [-0.39, 0.29) is 17.4 Å². The Hall–Kier alpha value is -1.10. The lowest BCUT2D eigenvalue weighted by atomic mass is 9.90. The minimum atomic E-state index is -0.941. The number of methoxy groups -OCH3 is 1. The number of hydrogen-bond donors (Lipinski definition) is 1. The first-order valence-electron chi connectivity index (χ1n) is 6.79. The van der Waals surface area contributed by atoms with E-state index >= 15 is 0 Å². The number of carboxylic acid groups (broad SMARTS) is 1. The number of nitrogens with zero attached hydrogens (tertiary/aromatic N) is 1. The predicted octanol–water partition coefficient (Wildman–Crippen LogP) is 1.90. The van der Waals surface area contributed by atoms with E-state index in [9.17, 15) is 9.59 Å². The van der Waals surface area contributed by atoms with Gasteiger partial charge < -0.3 is 14.7 Å². The summed E-state index contributed by atoms with van der Waals surface area (Å²) in [5.74, 6) is -1.01. The van der Waals surface area contributed by atoms with E-state index in [1.807, 2.05) is 0 Å². The molecule has 2 atom stereocenters. The van der Waals surface area contributed by atoms with Crippen LogP contribution in [0.5, 0.6) is 0 Å². The second kappa shape index (κ2) is 6.37. The van der Waals surface area contributed by atoms with Crippen molar-refractivity contribution in [1.29, 1.82) is 0 Å². The number of hydrogen-bond acceptors (Lipinski definition) is 3. The van der Waals surface area contributed by atoms with Crippen LogP contribution in [0.25, 0.3) is 0 Å². The lowest BCUT2D eigenvalue weighted by Crippen LogP contribution is -2.40. The number of aliphatic carboxylic acids is 1. The van der Waals surface area contributed by atoms with Gasteiger partial charge in [0.05, 0.1) is 6.10 Å². The normalized spacial score (nSPS) is 23.7. The van der Waals surface area contributed by atoms with Gasteiger partial charge in [-0.15, -0.1) is 0 Å². The number of carbonyl (C=O) groups excluding carboxylic acids is 1. The van der Waals surface area contributed by atoms with E-state index < -0.39 is 12.0 Å². The molecule has 0 aromatic rings. The first-order valence-corrected chi connectivity index (χ1v) is 6.79. The van der Waals surface area contributed by atoms with Crippen molar-refractivity contribution in [3.63, 3.8) is 0 Å². The molecule has 2 unspecified atom stereocenters. The number of carboxylic acids is 1. The summed E-state index contributed by atoms with van der Waals surface area (Å²) < 4.78 is 5.17. The van der Waals surface area contributed by atoms with Crippen LogP contribution in [-0.4, -0.2) is 47.7 Å². The molecule has 0 spiro atoms. The summed E-state index contributed by atoms with van der Waals surface area (Å²) in [6.07, 6.45) is 2.39. The molecule has 5 nitrogen and oxygen atoms in total. The summed E-state index contributed by atoms with van der Waals surface area (Å²) in [6, 6.07) is -0.730. The van der Waals surface area contributed by atoms with Crippen LogP contribution >= 0.6 is 0 Å². The number of amides is 1. The van der Waals surface area contributed by atoms with E-state index in [0.29, 0.717) is 19.4 Å². The highest BCUT2D eigenvalue weighted by atomic mass is 16.5. The fraction of sp³-hybridized carbons (Fsp3) is 0.857.